The van der Waals surface area contributed by atoms with Crippen LogP contribution in [0.2, 0.25) is 0 Å². The summed E-state index contributed by atoms with van der Waals surface area (Å²) >= 11 is 0. The molecule has 152 valence electrons. The van der Waals surface area contributed by atoms with Crippen molar-refractivity contribution in [3.8, 4) is 5.75 Å². The number of ether oxygens (including phenoxy) is 1. The van der Waals surface area contributed by atoms with E-state index in [0.717, 1.165) is 5.75 Å². The Labute approximate surface area is 167 Å². The maximum Gasteiger partial charge on any atom is 0.243 e. The SMILES string of the molecule is CCN(CC)S(=O)(=O)c1cc(NC(=O)CCCOc2ccccc2)ccc1C. The van der Waals surface area contributed by atoms with Crippen LogP contribution >= 0.6 is 0 Å². The Morgan fingerprint density at radius 3 is 2.39 bits per heavy atom. The highest BCUT2D eigenvalue weighted by atomic mass is 32.2. The minimum atomic E-state index is -3.58. The van der Waals surface area contributed by atoms with Crippen LogP contribution in [0.15, 0.2) is 53.4 Å². The van der Waals surface area contributed by atoms with E-state index in [4.69, 9.17) is 4.74 Å². The van der Waals surface area contributed by atoms with Crippen molar-refractivity contribution in [1.29, 1.82) is 0 Å². The highest BCUT2D eigenvalue weighted by Crippen LogP contribution is 2.23. The molecule has 2 rings (SSSR count). The molecular weight excluding hydrogens is 376 g/mol. The number of carbonyl (C=O) groups excluding carboxylic acids is 1. The lowest BCUT2D eigenvalue weighted by Gasteiger charge is -2.20. The molecule has 0 aliphatic rings. The van der Waals surface area contributed by atoms with Gasteiger partial charge in [-0.2, -0.15) is 4.31 Å². The fraction of sp³-hybridized carbons (Fsp3) is 0.381. The summed E-state index contributed by atoms with van der Waals surface area (Å²) in [6.45, 7) is 6.60. The fourth-order valence-corrected chi connectivity index (χ4v) is 4.53. The Hall–Kier alpha value is -2.38. The van der Waals surface area contributed by atoms with Crippen molar-refractivity contribution >= 4 is 21.6 Å². The van der Waals surface area contributed by atoms with Crippen molar-refractivity contribution in [2.45, 2.75) is 38.5 Å². The second-order valence-electron chi connectivity index (χ2n) is 6.38. The van der Waals surface area contributed by atoms with Crippen LogP contribution < -0.4 is 10.1 Å². The van der Waals surface area contributed by atoms with E-state index in [1.165, 1.54) is 10.4 Å². The average Bonchev–Trinajstić information content (AvgIpc) is 2.68. The summed E-state index contributed by atoms with van der Waals surface area (Å²) < 4.78 is 32.6. The number of sulfonamides is 1. The Bertz CT molecular complexity index is 879. The molecule has 0 heterocycles. The molecule has 0 bridgehead atoms. The number of anilines is 1. The van der Waals surface area contributed by atoms with E-state index in [1.54, 1.807) is 32.9 Å². The first-order valence-electron chi connectivity index (χ1n) is 9.47. The minimum absolute atomic E-state index is 0.174. The molecule has 1 amide bonds. The summed E-state index contributed by atoms with van der Waals surface area (Å²) in [5.74, 6) is 0.597. The van der Waals surface area contributed by atoms with Gasteiger partial charge >= 0.3 is 0 Å². The summed E-state index contributed by atoms with van der Waals surface area (Å²) in [5.41, 5.74) is 1.13. The molecule has 0 aliphatic heterocycles. The molecule has 2 aromatic carbocycles. The zero-order valence-corrected chi connectivity index (χ0v) is 17.5. The normalized spacial score (nSPS) is 11.4. The first-order valence-corrected chi connectivity index (χ1v) is 10.9. The smallest absolute Gasteiger partial charge is 0.243 e. The van der Waals surface area contributed by atoms with Gasteiger partial charge in [-0.25, -0.2) is 8.42 Å². The molecule has 0 radical (unpaired) electrons. The number of hydrogen-bond acceptors (Lipinski definition) is 4. The van der Waals surface area contributed by atoms with Crippen molar-refractivity contribution < 1.29 is 17.9 Å². The summed E-state index contributed by atoms with van der Waals surface area (Å²) in [7, 11) is -3.58. The molecule has 1 N–H and O–H groups in total. The molecule has 0 atom stereocenters. The topological polar surface area (TPSA) is 75.7 Å². The molecule has 2 aromatic rings. The Morgan fingerprint density at radius 2 is 1.75 bits per heavy atom. The van der Waals surface area contributed by atoms with Crippen LogP contribution in [-0.2, 0) is 14.8 Å². The van der Waals surface area contributed by atoms with Gasteiger partial charge in [-0.1, -0.05) is 38.1 Å². The van der Waals surface area contributed by atoms with Crippen LogP contribution in [-0.4, -0.2) is 38.3 Å². The molecule has 0 unspecified atom stereocenters. The highest BCUT2D eigenvalue weighted by Gasteiger charge is 2.24. The number of rotatable bonds is 10. The van der Waals surface area contributed by atoms with Gasteiger partial charge in [0.1, 0.15) is 5.75 Å². The molecule has 0 saturated heterocycles. The number of benzene rings is 2. The van der Waals surface area contributed by atoms with Crippen molar-refractivity contribution in [2.24, 2.45) is 0 Å². The summed E-state index contributed by atoms with van der Waals surface area (Å²) in [4.78, 5) is 12.4. The van der Waals surface area contributed by atoms with Gasteiger partial charge in [0, 0.05) is 25.2 Å². The second-order valence-corrected chi connectivity index (χ2v) is 8.29. The zero-order valence-electron chi connectivity index (χ0n) is 16.6. The van der Waals surface area contributed by atoms with Gasteiger partial charge in [-0.15, -0.1) is 0 Å². The van der Waals surface area contributed by atoms with E-state index >= 15 is 0 Å². The van der Waals surface area contributed by atoms with Gasteiger partial charge in [-0.3, -0.25) is 4.79 Å². The number of nitrogens with one attached hydrogen (secondary N) is 1. The van der Waals surface area contributed by atoms with Crippen LogP contribution in [0.3, 0.4) is 0 Å². The van der Waals surface area contributed by atoms with E-state index in [1.807, 2.05) is 30.3 Å². The third kappa shape index (κ3) is 5.81. The molecule has 6 nitrogen and oxygen atoms in total. The van der Waals surface area contributed by atoms with Crippen molar-refractivity contribution in [3.05, 3.63) is 54.1 Å². The summed E-state index contributed by atoms with van der Waals surface area (Å²) in [5, 5.41) is 2.78. The van der Waals surface area contributed by atoms with Crippen LogP contribution in [0.5, 0.6) is 5.75 Å². The molecular formula is C21H28N2O4S. The van der Waals surface area contributed by atoms with Crippen LogP contribution in [0.25, 0.3) is 0 Å². The number of carbonyl (C=O) groups is 1. The lowest BCUT2D eigenvalue weighted by molar-refractivity contribution is -0.116. The molecule has 28 heavy (non-hydrogen) atoms. The third-order valence-electron chi connectivity index (χ3n) is 4.36. The van der Waals surface area contributed by atoms with Gasteiger partial charge in [-0.05, 0) is 43.2 Å². The second kappa shape index (κ2) is 10.2. The molecule has 0 aliphatic carbocycles. The largest absolute Gasteiger partial charge is 0.494 e. The van der Waals surface area contributed by atoms with Crippen molar-refractivity contribution in [1.82, 2.24) is 4.31 Å². The molecule has 0 aromatic heterocycles. The Morgan fingerprint density at radius 1 is 1.07 bits per heavy atom. The Balaban J connectivity index is 1.95. The van der Waals surface area contributed by atoms with E-state index in [0.29, 0.717) is 43.8 Å². The highest BCUT2D eigenvalue weighted by molar-refractivity contribution is 7.89. The quantitative estimate of drug-likeness (QED) is 0.611. The van der Waals surface area contributed by atoms with Gasteiger partial charge in [0.25, 0.3) is 0 Å². The lowest BCUT2D eigenvalue weighted by atomic mass is 10.2. The van der Waals surface area contributed by atoms with Gasteiger partial charge in [0.05, 0.1) is 11.5 Å². The predicted molar refractivity (Wildman–Crippen MR) is 111 cm³/mol. The standard InChI is InChI=1S/C21H28N2O4S/c1-4-23(5-2)28(25,26)20-16-18(14-13-17(20)3)22-21(24)12-9-15-27-19-10-7-6-8-11-19/h6-8,10-11,13-14,16H,4-5,9,12,15H2,1-3H3,(H,22,24). The van der Waals surface area contributed by atoms with Crippen LogP contribution in [0.4, 0.5) is 5.69 Å². The van der Waals surface area contributed by atoms with Gasteiger partial charge in [0.15, 0.2) is 0 Å². The molecule has 7 heteroatoms. The maximum atomic E-state index is 12.8. The lowest BCUT2D eigenvalue weighted by Crippen LogP contribution is -2.31. The van der Waals surface area contributed by atoms with Crippen LogP contribution in [0, 0.1) is 6.92 Å². The summed E-state index contributed by atoms with van der Waals surface area (Å²) in [6, 6.07) is 14.4. The monoisotopic (exact) mass is 404 g/mol. The van der Waals surface area contributed by atoms with E-state index in [2.05, 4.69) is 5.32 Å². The van der Waals surface area contributed by atoms with E-state index in [9.17, 15) is 13.2 Å². The Kier molecular flexibility index (Phi) is 8.02. The number of nitrogens with zero attached hydrogens (tertiary/aromatic N) is 1. The first kappa shape index (κ1) is 21.9. The average molecular weight is 405 g/mol. The predicted octanol–water partition coefficient (Wildman–Crippen LogP) is 3.82. The van der Waals surface area contributed by atoms with Gasteiger partial charge < -0.3 is 10.1 Å². The number of hydrogen-bond donors (Lipinski definition) is 1. The summed E-state index contributed by atoms with van der Waals surface area (Å²) in [6.07, 6.45) is 0.857. The van der Waals surface area contributed by atoms with Gasteiger partial charge in [0.2, 0.25) is 15.9 Å². The van der Waals surface area contributed by atoms with Crippen molar-refractivity contribution in [3.63, 3.8) is 0 Å². The number of para-hydroxylation sites is 1. The molecule has 0 saturated carbocycles. The minimum Gasteiger partial charge on any atom is -0.494 e. The maximum absolute atomic E-state index is 12.8. The zero-order chi connectivity index (χ0) is 20.6. The molecule has 0 fully saturated rings. The fourth-order valence-electron chi connectivity index (χ4n) is 2.82. The molecule has 0 spiro atoms. The van der Waals surface area contributed by atoms with E-state index in [-0.39, 0.29) is 10.8 Å². The van der Waals surface area contributed by atoms with E-state index < -0.39 is 10.0 Å². The number of amides is 1. The van der Waals surface area contributed by atoms with Crippen molar-refractivity contribution in [2.75, 3.05) is 25.0 Å². The first-order chi connectivity index (χ1) is 13.4. The third-order valence-corrected chi connectivity index (χ3v) is 6.55. The number of aryl methyl sites for hydroxylation is 1. The van der Waals surface area contributed by atoms with Crippen LogP contribution in [0.1, 0.15) is 32.3 Å².